The summed E-state index contributed by atoms with van der Waals surface area (Å²) in [5.74, 6) is -1.16. The van der Waals surface area contributed by atoms with Crippen molar-refractivity contribution in [3.63, 3.8) is 0 Å². The molecule has 0 saturated carbocycles. The molecule has 5 N–H and O–H groups in total. The van der Waals surface area contributed by atoms with Crippen LogP contribution in [0.2, 0.25) is 0 Å². The van der Waals surface area contributed by atoms with E-state index in [1.54, 1.807) is 18.2 Å². The van der Waals surface area contributed by atoms with Crippen molar-refractivity contribution in [1.29, 1.82) is 0 Å². The average molecular weight is 480 g/mol. The Bertz CT molecular complexity index is 1150. The fraction of sp³-hybridized carbons (Fsp3) is 0.400. The van der Waals surface area contributed by atoms with Gasteiger partial charge in [0.2, 0.25) is 5.91 Å². The predicted molar refractivity (Wildman–Crippen MR) is 126 cm³/mol. The number of amides is 3. The van der Waals surface area contributed by atoms with Crippen LogP contribution in [0.5, 0.6) is 5.75 Å². The minimum atomic E-state index is -1.82. The van der Waals surface area contributed by atoms with Crippen molar-refractivity contribution in [3.05, 3.63) is 64.7 Å². The summed E-state index contributed by atoms with van der Waals surface area (Å²) in [5, 5.41) is 2.20. The second kappa shape index (κ2) is 9.38. The summed E-state index contributed by atoms with van der Waals surface area (Å²) in [6, 6.07) is 12.4. The number of rotatable bonds is 6. The minimum absolute atomic E-state index is 0.0641. The number of carbonyl (C=O) groups is 3. The number of hydrogen-bond acceptors (Lipinski definition) is 8. The third-order valence-electron chi connectivity index (χ3n) is 6.89. The first kappa shape index (κ1) is 23.4. The first-order chi connectivity index (χ1) is 16.9. The topological polar surface area (TPSA) is 140 Å². The van der Waals surface area contributed by atoms with Crippen molar-refractivity contribution >= 4 is 17.7 Å². The van der Waals surface area contributed by atoms with E-state index in [1.165, 1.54) is 10.5 Å². The molecule has 2 aromatic carbocycles. The fourth-order valence-electron chi connectivity index (χ4n) is 4.78. The second-order valence-electron chi connectivity index (χ2n) is 9.18. The van der Waals surface area contributed by atoms with Crippen LogP contribution in [-0.2, 0) is 34.0 Å². The van der Waals surface area contributed by atoms with Crippen molar-refractivity contribution in [2.45, 2.75) is 37.8 Å². The van der Waals surface area contributed by atoms with E-state index in [2.05, 4.69) is 22.3 Å². The Balaban J connectivity index is 1.27. The highest BCUT2D eigenvalue weighted by Crippen LogP contribution is 2.36. The molecule has 2 fully saturated rings. The van der Waals surface area contributed by atoms with Crippen LogP contribution in [0.4, 0.5) is 0 Å². The lowest BCUT2D eigenvalue weighted by atomic mass is 9.92. The molecule has 0 spiro atoms. The van der Waals surface area contributed by atoms with Crippen molar-refractivity contribution in [3.8, 4) is 5.75 Å². The van der Waals surface area contributed by atoms with Gasteiger partial charge in [0.05, 0.1) is 25.8 Å². The van der Waals surface area contributed by atoms with Gasteiger partial charge in [0.25, 0.3) is 11.8 Å². The number of hydrogen-bond donors (Lipinski definition) is 3. The Kier molecular flexibility index (Phi) is 6.28. The molecule has 5 rings (SSSR count). The van der Waals surface area contributed by atoms with Crippen LogP contribution in [0.1, 0.15) is 33.5 Å². The summed E-state index contributed by atoms with van der Waals surface area (Å²) < 4.78 is 11.5. The van der Waals surface area contributed by atoms with E-state index in [9.17, 15) is 14.4 Å². The molecule has 2 aromatic rings. The highest BCUT2D eigenvalue weighted by molar-refractivity contribution is 6.08. The molecule has 3 amide bonds. The number of nitrogens with two attached hydrogens (primary N) is 2. The molecule has 10 nitrogen and oxygen atoms in total. The third kappa shape index (κ3) is 4.41. The lowest BCUT2D eigenvalue weighted by molar-refractivity contribution is -0.144. The first-order valence-corrected chi connectivity index (χ1v) is 11.7. The van der Waals surface area contributed by atoms with Gasteiger partial charge in [-0.15, -0.1) is 0 Å². The lowest BCUT2D eigenvalue weighted by Crippen LogP contribution is -2.76. The molecule has 2 saturated heterocycles. The van der Waals surface area contributed by atoms with E-state index in [1.807, 2.05) is 12.1 Å². The predicted octanol–water partition coefficient (Wildman–Crippen LogP) is 0.0824. The van der Waals surface area contributed by atoms with Crippen LogP contribution in [-0.4, -0.2) is 65.5 Å². The maximum atomic E-state index is 13.2. The Hall–Kier alpha value is -3.31. The van der Waals surface area contributed by atoms with Crippen LogP contribution >= 0.6 is 0 Å². The maximum absolute atomic E-state index is 13.2. The molecular formula is C25H29N5O5. The van der Waals surface area contributed by atoms with E-state index >= 15 is 0 Å². The quantitative estimate of drug-likeness (QED) is 0.495. The zero-order valence-corrected chi connectivity index (χ0v) is 19.4. The smallest absolute Gasteiger partial charge is 0.269 e. The summed E-state index contributed by atoms with van der Waals surface area (Å²) in [7, 11) is 0. The maximum Gasteiger partial charge on any atom is 0.269 e. The van der Waals surface area contributed by atoms with E-state index in [0.717, 1.165) is 38.4 Å². The highest BCUT2D eigenvalue weighted by Gasteiger charge is 2.54. The van der Waals surface area contributed by atoms with Crippen molar-refractivity contribution in [2.75, 3.05) is 26.3 Å². The summed E-state index contributed by atoms with van der Waals surface area (Å²) in [6.07, 6.45) is -0.146. The molecule has 0 aromatic heterocycles. The van der Waals surface area contributed by atoms with Crippen LogP contribution in [0.25, 0.3) is 0 Å². The van der Waals surface area contributed by atoms with Crippen molar-refractivity contribution in [1.82, 2.24) is 15.1 Å². The van der Waals surface area contributed by atoms with Gasteiger partial charge in [-0.05, 0) is 23.3 Å². The number of nitrogens with one attached hydrogen (secondary N) is 1. The number of nitrogens with zero attached hydrogens (tertiary/aromatic N) is 2. The molecule has 2 unspecified atom stereocenters. The van der Waals surface area contributed by atoms with Crippen LogP contribution in [0, 0.1) is 0 Å². The van der Waals surface area contributed by atoms with Crippen molar-refractivity contribution in [2.24, 2.45) is 11.5 Å². The molecule has 10 heteroatoms. The van der Waals surface area contributed by atoms with Gasteiger partial charge < -0.3 is 20.1 Å². The lowest BCUT2D eigenvalue weighted by Gasteiger charge is -2.43. The average Bonchev–Trinajstić information content (AvgIpc) is 3.20. The zero-order chi connectivity index (χ0) is 24.6. The number of piperidine rings is 1. The minimum Gasteiger partial charge on any atom is -0.489 e. The molecule has 3 heterocycles. The van der Waals surface area contributed by atoms with E-state index in [0.29, 0.717) is 23.5 Å². The number of benzene rings is 2. The molecule has 3 aliphatic rings. The van der Waals surface area contributed by atoms with Crippen LogP contribution in [0.15, 0.2) is 42.5 Å². The second-order valence-corrected chi connectivity index (χ2v) is 9.18. The number of carbonyl (C=O) groups excluding carboxylic acids is 3. The van der Waals surface area contributed by atoms with E-state index < -0.39 is 29.4 Å². The molecule has 0 aliphatic carbocycles. The molecule has 35 heavy (non-hydrogen) atoms. The zero-order valence-electron chi connectivity index (χ0n) is 19.4. The largest absolute Gasteiger partial charge is 0.489 e. The van der Waals surface area contributed by atoms with Gasteiger partial charge in [-0.1, -0.05) is 30.3 Å². The van der Waals surface area contributed by atoms with Gasteiger partial charge in [0.1, 0.15) is 12.4 Å². The summed E-state index contributed by atoms with van der Waals surface area (Å²) in [6.45, 7) is 4.69. The molecule has 3 aliphatic heterocycles. The Morgan fingerprint density at radius 3 is 2.49 bits per heavy atom. The molecule has 0 bridgehead atoms. The van der Waals surface area contributed by atoms with E-state index in [4.69, 9.17) is 20.9 Å². The van der Waals surface area contributed by atoms with Gasteiger partial charge in [0, 0.05) is 37.2 Å². The van der Waals surface area contributed by atoms with Gasteiger partial charge in [-0.25, -0.2) is 0 Å². The number of imide groups is 1. The molecule has 0 radical (unpaired) electrons. The summed E-state index contributed by atoms with van der Waals surface area (Å²) in [4.78, 5) is 41.0. The van der Waals surface area contributed by atoms with Gasteiger partial charge in [-0.3, -0.25) is 30.3 Å². The Labute approximate surface area is 203 Å². The molecule has 2 atom stereocenters. The first-order valence-electron chi connectivity index (χ1n) is 11.7. The van der Waals surface area contributed by atoms with Gasteiger partial charge in [0.15, 0.2) is 5.66 Å². The fourth-order valence-corrected chi connectivity index (χ4v) is 4.78. The SMILES string of the molecule is NC1CC(=O)NC(=O)C1(N)N1Cc2c(OCc3ccc(CN4CCOCC4)cc3)cccc2C1=O. The highest BCUT2D eigenvalue weighted by atomic mass is 16.5. The summed E-state index contributed by atoms with van der Waals surface area (Å²) in [5.41, 5.74) is 13.9. The standard InChI is InChI=1S/C25H29N5O5/c26-21-12-22(31)28-24(33)25(21,27)30-14-19-18(23(30)32)2-1-3-20(19)35-15-17-6-4-16(5-7-17)13-29-8-10-34-11-9-29/h1-7,21H,8-15,26-27H2,(H,28,31,33). The number of morpholine rings is 1. The van der Waals surface area contributed by atoms with Crippen LogP contribution in [0.3, 0.4) is 0 Å². The van der Waals surface area contributed by atoms with E-state index in [-0.39, 0.29) is 13.0 Å². The molecule has 184 valence electrons. The number of fused-ring (bicyclic) bond motifs is 1. The summed E-state index contributed by atoms with van der Waals surface area (Å²) >= 11 is 0. The van der Waals surface area contributed by atoms with Crippen molar-refractivity contribution < 1.29 is 23.9 Å². The Morgan fingerprint density at radius 2 is 1.77 bits per heavy atom. The molecular weight excluding hydrogens is 450 g/mol. The van der Waals surface area contributed by atoms with Gasteiger partial charge >= 0.3 is 0 Å². The van der Waals surface area contributed by atoms with Gasteiger partial charge in [-0.2, -0.15) is 0 Å². The normalized spacial score (nSPS) is 24.9. The third-order valence-corrected chi connectivity index (χ3v) is 6.89. The number of ether oxygens (including phenoxy) is 2. The van der Waals surface area contributed by atoms with Crippen LogP contribution < -0.4 is 21.5 Å². The monoisotopic (exact) mass is 479 g/mol. The Morgan fingerprint density at radius 1 is 1.06 bits per heavy atom.